The molecule has 4 atom stereocenters. The molecule has 22 heavy (non-hydrogen) atoms. The summed E-state index contributed by atoms with van der Waals surface area (Å²) in [6, 6.07) is 6.55. The number of ether oxygens (including phenoxy) is 1. The van der Waals surface area contributed by atoms with E-state index >= 15 is 0 Å². The average molecular weight is 299 g/mol. The molecule has 5 heteroatoms. The van der Waals surface area contributed by atoms with Crippen LogP contribution in [0.4, 0.5) is 5.69 Å². The second-order valence-corrected chi connectivity index (χ2v) is 6.44. The first kappa shape index (κ1) is 13.5. The fourth-order valence-corrected chi connectivity index (χ4v) is 4.55. The van der Waals surface area contributed by atoms with Crippen LogP contribution in [-0.2, 0) is 14.3 Å². The molecule has 1 aliphatic heterocycles. The number of anilines is 1. The SMILES string of the molecule is COC(=O)c1cccc(N2C(=O)C3C4CCC(C4)C3C2=O)c1. The second-order valence-electron chi connectivity index (χ2n) is 6.44. The summed E-state index contributed by atoms with van der Waals surface area (Å²) in [5.74, 6) is -0.226. The van der Waals surface area contributed by atoms with Crippen LogP contribution in [0.15, 0.2) is 24.3 Å². The number of esters is 1. The lowest BCUT2D eigenvalue weighted by molar-refractivity contribution is -0.123. The van der Waals surface area contributed by atoms with Crippen LogP contribution in [0.1, 0.15) is 29.6 Å². The number of rotatable bonds is 2. The van der Waals surface area contributed by atoms with E-state index in [2.05, 4.69) is 0 Å². The number of amides is 2. The number of carbonyl (C=O) groups is 3. The predicted octanol–water partition coefficient (Wildman–Crippen LogP) is 2.01. The van der Waals surface area contributed by atoms with Crippen molar-refractivity contribution in [2.75, 3.05) is 12.0 Å². The highest BCUT2D eigenvalue weighted by atomic mass is 16.5. The Kier molecular flexibility index (Phi) is 2.86. The predicted molar refractivity (Wildman–Crippen MR) is 78.1 cm³/mol. The van der Waals surface area contributed by atoms with Gasteiger partial charge in [0, 0.05) is 0 Å². The molecule has 3 aliphatic rings. The molecule has 1 aromatic carbocycles. The van der Waals surface area contributed by atoms with Gasteiger partial charge < -0.3 is 4.74 Å². The van der Waals surface area contributed by atoms with Crippen LogP contribution >= 0.6 is 0 Å². The summed E-state index contributed by atoms with van der Waals surface area (Å²) in [7, 11) is 1.31. The molecule has 0 N–H and O–H groups in total. The second kappa shape index (κ2) is 4.66. The van der Waals surface area contributed by atoms with Crippen molar-refractivity contribution in [2.45, 2.75) is 19.3 Å². The zero-order valence-electron chi connectivity index (χ0n) is 12.3. The Bertz CT molecular complexity index is 655. The quantitative estimate of drug-likeness (QED) is 0.619. The number of fused-ring (bicyclic) bond motifs is 5. The summed E-state index contributed by atoms with van der Waals surface area (Å²) < 4.78 is 4.70. The Balaban J connectivity index is 1.70. The smallest absolute Gasteiger partial charge is 0.337 e. The largest absolute Gasteiger partial charge is 0.465 e. The molecule has 0 radical (unpaired) electrons. The van der Waals surface area contributed by atoms with Gasteiger partial charge in [-0.1, -0.05) is 6.07 Å². The number of methoxy groups -OCH3 is 1. The Morgan fingerprint density at radius 1 is 1.14 bits per heavy atom. The van der Waals surface area contributed by atoms with Crippen molar-refractivity contribution in [1.29, 1.82) is 0 Å². The first-order valence-electron chi connectivity index (χ1n) is 7.68. The third-order valence-corrected chi connectivity index (χ3v) is 5.45. The molecule has 0 aromatic heterocycles. The summed E-state index contributed by atoms with van der Waals surface area (Å²) in [6.45, 7) is 0. The van der Waals surface area contributed by atoms with Crippen molar-refractivity contribution in [2.24, 2.45) is 23.7 Å². The van der Waals surface area contributed by atoms with Gasteiger partial charge in [-0.05, 0) is 49.3 Å². The zero-order chi connectivity index (χ0) is 15.4. The molecule has 4 unspecified atom stereocenters. The van der Waals surface area contributed by atoms with Gasteiger partial charge in [-0.15, -0.1) is 0 Å². The minimum absolute atomic E-state index is 0.0933. The van der Waals surface area contributed by atoms with Crippen LogP contribution in [0, 0.1) is 23.7 Å². The van der Waals surface area contributed by atoms with Gasteiger partial charge in [0.1, 0.15) is 0 Å². The lowest BCUT2D eigenvalue weighted by Gasteiger charge is -2.19. The van der Waals surface area contributed by atoms with Gasteiger partial charge in [0.15, 0.2) is 0 Å². The molecule has 2 saturated carbocycles. The fraction of sp³-hybridized carbons (Fsp3) is 0.471. The first-order valence-corrected chi connectivity index (χ1v) is 7.68. The minimum Gasteiger partial charge on any atom is -0.465 e. The highest BCUT2D eigenvalue weighted by Gasteiger charge is 2.61. The maximum atomic E-state index is 12.7. The Morgan fingerprint density at radius 3 is 2.36 bits per heavy atom. The molecule has 1 aromatic rings. The highest BCUT2D eigenvalue weighted by Crippen LogP contribution is 2.56. The molecular formula is C17H17NO4. The van der Waals surface area contributed by atoms with E-state index in [0.717, 1.165) is 19.3 Å². The molecule has 2 bridgehead atoms. The van der Waals surface area contributed by atoms with Crippen LogP contribution in [0.3, 0.4) is 0 Å². The average Bonchev–Trinajstić information content (AvgIpc) is 3.21. The third kappa shape index (κ3) is 1.68. The molecule has 3 fully saturated rings. The topological polar surface area (TPSA) is 63.7 Å². The molecule has 1 heterocycles. The van der Waals surface area contributed by atoms with E-state index in [1.54, 1.807) is 24.3 Å². The molecular weight excluding hydrogens is 282 g/mol. The summed E-state index contributed by atoms with van der Waals surface area (Å²) in [5, 5.41) is 0. The van der Waals surface area contributed by atoms with E-state index in [1.165, 1.54) is 12.0 Å². The summed E-state index contributed by atoms with van der Waals surface area (Å²) in [6.07, 6.45) is 3.13. The minimum atomic E-state index is -0.471. The number of hydrogen-bond donors (Lipinski definition) is 0. The number of benzene rings is 1. The molecule has 2 amide bonds. The Labute approximate surface area is 128 Å². The number of hydrogen-bond acceptors (Lipinski definition) is 4. The molecule has 2 aliphatic carbocycles. The van der Waals surface area contributed by atoms with E-state index < -0.39 is 5.97 Å². The molecule has 0 spiro atoms. The Hall–Kier alpha value is -2.17. The van der Waals surface area contributed by atoms with Gasteiger partial charge in [-0.2, -0.15) is 0 Å². The van der Waals surface area contributed by atoms with Crippen LogP contribution in [0.2, 0.25) is 0 Å². The van der Waals surface area contributed by atoms with Gasteiger partial charge in [-0.25, -0.2) is 4.79 Å². The van der Waals surface area contributed by atoms with Crippen molar-refractivity contribution in [3.8, 4) is 0 Å². The monoisotopic (exact) mass is 299 g/mol. The number of carbonyl (C=O) groups excluding carboxylic acids is 3. The van der Waals surface area contributed by atoms with E-state index in [4.69, 9.17) is 4.74 Å². The van der Waals surface area contributed by atoms with Gasteiger partial charge >= 0.3 is 5.97 Å². The van der Waals surface area contributed by atoms with Crippen LogP contribution < -0.4 is 4.90 Å². The van der Waals surface area contributed by atoms with E-state index in [0.29, 0.717) is 23.1 Å². The fourth-order valence-electron chi connectivity index (χ4n) is 4.55. The van der Waals surface area contributed by atoms with Crippen LogP contribution in [0.25, 0.3) is 0 Å². The highest BCUT2D eigenvalue weighted by molar-refractivity contribution is 6.22. The van der Waals surface area contributed by atoms with Crippen molar-refractivity contribution in [3.05, 3.63) is 29.8 Å². The van der Waals surface area contributed by atoms with Crippen molar-refractivity contribution >= 4 is 23.5 Å². The molecule has 114 valence electrons. The maximum absolute atomic E-state index is 12.7. The molecule has 1 saturated heterocycles. The summed E-state index contributed by atoms with van der Waals surface area (Å²) >= 11 is 0. The molecule has 4 rings (SSSR count). The van der Waals surface area contributed by atoms with Crippen molar-refractivity contribution < 1.29 is 19.1 Å². The normalized spacial score (nSPS) is 32.5. The van der Waals surface area contributed by atoms with Gasteiger partial charge in [0.05, 0.1) is 30.2 Å². The number of nitrogens with zero attached hydrogens (tertiary/aromatic N) is 1. The molecule has 5 nitrogen and oxygen atoms in total. The van der Waals surface area contributed by atoms with Gasteiger partial charge in [-0.3, -0.25) is 14.5 Å². The third-order valence-electron chi connectivity index (χ3n) is 5.45. The van der Waals surface area contributed by atoms with Crippen LogP contribution in [0.5, 0.6) is 0 Å². The van der Waals surface area contributed by atoms with E-state index in [9.17, 15) is 14.4 Å². The van der Waals surface area contributed by atoms with E-state index in [-0.39, 0.29) is 23.7 Å². The van der Waals surface area contributed by atoms with Crippen molar-refractivity contribution in [3.63, 3.8) is 0 Å². The first-order chi connectivity index (χ1) is 10.6. The lowest BCUT2D eigenvalue weighted by atomic mass is 9.81. The zero-order valence-corrected chi connectivity index (χ0v) is 12.3. The van der Waals surface area contributed by atoms with E-state index in [1.807, 2.05) is 0 Å². The van der Waals surface area contributed by atoms with Crippen LogP contribution in [-0.4, -0.2) is 24.9 Å². The summed E-state index contributed by atoms with van der Waals surface area (Å²) in [5.41, 5.74) is 0.826. The van der Waals surface area contributed by atoms with Crippen molar-refractivity contribution in [1.82, 2.24) is 0 Å². The van der Waals surface area contributed by atoms with Gasteiger partial charge in [0.2, 0.25) is 11.8 Å². The lowest BCUT2D eigenvalue weighted by Crippen LogP contribution is -2.32. The standard InChI is InChI=1S/C17H17NO4/c1-22-17(21)11-3-2-4-12(8-11)18-15(19)13-9-5-6-10(7-9)14(13)16(18)20/h2-4,8-10,13-14H,5-7H2,1H3. The Morgan fingerprint density at radius 2 is 1.77 bits per heavy atom. The maximum Gasteiger partial charge on any atom is 0.337 e. The summed E-state index contributed by atoms with van der Waals surface area (Å²) in [4.78, 5) is 38.4. The number of imide groups is 1. The van der Waals surface area contributed by atoms with Gasteiger partial charge in [0.25, 0.3) is 0 Å².